The quantitative estimate of drug-likeness (QED) is 0.762. The van der Waals surface area contributed by atoms with Gasteiger partial charge in [0.25, 0.3) is 0 Å². The van der Waals surface area contributed by atoms with Gasteiger partial charge in [0.15, 0.2) is 11.5 Å². The normalized spacial score (nSPS) is 14.4. The van der Waals surface area contributed by atoms with E-state index in [2.05, 4.69) is 10.3 Å². The SMILES string of the molecule is CSCC(=O)NCc1c(C)ncc2c1CCN(C(=O)Cc1ccc3c(c1)OCO3)C2. The van der Waals surface area contributed by atoms with Crippen molar-refractivity contribution in [3.8, 4) is 11.5 Å². The minimum absolute atomic E-state index is 0.0239. The lowest BCUT2D eigenvalue weighted by Crippen LogP contribution is -2.38. The maximum Gasteiger partial charge on any atom is 0.231 e. The topological polar surface area (TPSA) is 80.8 Å². The van der Waals surface area contributed by atoms with Crippen molar-refractivity contribution < 1.29 is 19.1 Å². The van der Waals surface area contributed by atoms with E-state index in [0.29, 0.717) is 37.6 Å². The molecule has 2 aliphatic rings. The van der Waals surface area contributed by atoms with Crippen LogP contribution in [0.2, 0.25) is 0 Å². The Hall–Kier alpha value is -2.74. The number of hydrogen-bond acceptors (Lipinski definition) is 6. The summed E-state index contributed by atoms with van der Waals surface area (Å²) in [6, 6.07) is 5.63. The predicted octanol–water partition coefficient (Wildman–Crippen LogP) is 2.23. The molecular formula is C22H25N3O4S. The smallest absolute Gasteiger partial charge is 0.231 e. The molecule has 30 heavy (non-hydrogen) atoms. The maximum absolute atomic E-state index is 12.9. The Morgan fingerprint density at radius 2 is 2.10 bits per heavy atom. The third kappa shape index (κ3) is 4.38. The molecule has 0 fully saturated rings. The molecule has 2 aromatic rings. The molecule has 1 aromatic carbocycles. The number of fused-ring (bicyclic) bond motifs is 2. The number of carbonyl (C=O) groups is 2. The van der Waals surface area contributed by atoms with Crippen LogP contribution in [0.25, 0.3) is 0 Å². The van der Waals surface area contributed by atoms with Gasteiger partial charge in [0.2, 0.25) is 18.6 Å². The fraction of sp³-hybridized carbons (Fsp3) is 0.409. The van der Waals surface area contributed by atoms with Crippen LogP contribution in [-0.4, -0.2) is 47.0 Å². The minimum atomic E-state index is 0.0239. The Morgan fingerprint density at radius 1 is 1.27 bits per heavy atom. The summed E-state index contributed by atoms with van der Waals surface area (Å²) in [5.41, 5.74) is 5.18. The molecule has 2 aliphatic heterocycles. The minimum Gasteiger partial charge on any atom is -0.454 e. The Bertz CT molecular complexity index is 979. The first kappa shape index (κ1) is 20.5. The summed E-state index contributed by atoms with van der Waals surface area (Å²) in [7, 11) is 0. The molecule has 0 saturated carbocycles. The van der Waals surface area contributed by atoms with Crippen molar-refractivity contribution in [1.82, 2.24) is 15.2 Å². The number of hydrogen-bond donors (Lipinski definition) is 1. The molecule has 1 aromatic heterocycles. The van der Waals surface area contributed by atoms with Crippen LogP contribution in [0.3, 0.4) is 0 Å². The largest absolute Gasteiger partial charge is 0.454 e. The van der Waals surface area contributed by atoms with Gasteiger partial charge in [-0.15, -0.1) is 0 Å². The van der Waals surface area contributed by atoms with Crippen LogP contribution < -0.4 is 14.8 Å². The highest BCUT2D eigenvalue weighted by atomic mass is 32.2. The fourth-order valence-electron chi connectivity index (χ4n) is 3.88. The molecule has 3 heterocycles. The molecule has 2 amide bonds. The summed E-state index contributed by atoms with van der Waals surface area (Å²) < 4.78 is 10.7. The number of pyridine rings is 1. The van der Waals surface area contributed by atoms with Crippen molar-refractivity contribution in [1.29, 1.82) is 0 Å². The zero-order chi connectivity index (χ0) is 21.1. The number of benzene rings is 1. The van der Waals surface area contributed by atoms with Gasteiger partial charge in [0.1, 0.15) is 0 Å². The Morgan fingerprint density at radius 3 is 2.93 bits per heavy atom. The lowest BCUT2D eigenvalue weighted by atomic mass is 9.94. The van der Waals surface area contributed by atoms with Gasteiger partial charge in [-0.3, -0.25) is 14.6 Å². The van der Waals surface area contributed by atoms with Gasteiger partial charge in [-0.2, -0.15) is 11.8 Å². The molecule has 0 bridgehead atoms. The van der Waals surface area contributed by atoms with Crippen LogP contribution in [0.15, 0.2) is 24.4 Å². The summed E-state index contributed by atoms with van der Waals surface area (Å²) in [4.78, 5) is 31.1. The molecule has 0 saturated heterocycles. The van der Waals surface area contributed by atoms with Gasteiger partial charge >= 0.3 is 0 Å². The van der Waals surface area contributed by atoms with Crippen LogP contribution in [0.1, 0.15) is 27.9 Å². The number of ether oxygens (including phenoxy) is 2. The summed E-state index contributed by atoms with van der Waals surface area (Å²) in [5, 5.41) is 2.98. The lowest BCUT2D eigenvalue weighted by Gasteiger charge is -2.30. The van der Waals surface area contributed by atoms with Gasteiger partial charge in [-0.25, -0.2) is 0 Å². The van der Waals surface area contributed by atoms with Gasteiger partial charge in [0, 0.05) is 31.5 Å². The van der Waals surface area contributed by atoms with Gasteiger partial charge in [-0.05, 0) is 54.0 Å². The van der Waals surface area contributed by atoms with Gasteiger partial charge in [0.05, 0.1) is 12.2 Å². The Kier molecular flexibility index (Phi) is 6.13. The van der Waals surface area contributed by atoms with Crippen LogP contribution >= 0.6 is 11.8 Å². The summed E-state index contributed by atoms with van der Waals surface area (Å²) >= 11 is 1.50. The number of rotatable bonds is 6. The zero-order valence-electron chi connectivity index (χ0n) is 17.2. The molecule has 7 nitrogen and oxygen atoms in total. The fourth-order valence-corrected chi connectivity index (χ4v) is 4.24. The van der Waals surface area contributed by atoms with Gasteiger partial charge < -0.3 is 19.7 Å². The van der Waals surface area contributed by atoms with E-state index in [-0.39, 0.29) is 18.6 Å². The van der Waals surface area contributed by atoms with Crippen molar-refractivity contribution in [3.63, 3.8) is 0 Å². The van der Waals surface area contributed by atoms with Crippen molar-refractivity contribution in [2.24, 2.45) is 0 Å². The number of amides is 2. The summed E-state index contributed by atoms with van der Waals surface area (Å²) in [6.45, 7) is 3.87. The van der Waals surface area contributed by atoms with E-state index in [1.54, 1.807) is 0 Å². The van der Waals surface area contributed by atoms with Crippen molar-refractivity contribution in [2.75, 3.05) is 25.3 Å². The second kappa shape index (κ2) is 8.95. The first-order valence-electron chi connectivity index (χ1n) is 9.93. The summed E-state index contributed by atoms with van der Waals surface area (Å²) in [5.74, 6) is 1.96. The van der Waals surface area contributed by atoms with Crippen molar-refractivity contribution >= 4 is 23.6 Å². The molecule has 4 rings (SSSR count). The molecular weight excluding hydrogens is 402 g/mol. The monoisotopic (exact) mass is 427 g/mol. The molecule has 0 radical (unpaired) electrons. The van der Waals surface area contributed by atoms with Crippen LogP contribution in [0, 0.1) is 6.92 Å². The average molecular weight is 428 g/mol. The second-order valence-electron chi connectivity index (χ2n) is 7.47. The standard InChI is InChI=1S/C22H25N3O4S/c1-14-18(10-24-21(26)12-30-2)17-5-6-25(11-16(17)9-23-14)22(27)8-15-3-4-19-20(7-15)29-13-28-19/h3-4,7,9H,5-6,8,10-13H2,1-2H3,(H,24,26). The number of carbonyl (C=O) groups excluding carboxylic acids is 2. The molecule has 1 N–H and O–H groups in total. The van der Waals surface area contributed by atoms with E-state index < -0.39 is 0 Å². The molecule has 0 unspecified atom stereocenters. The van der Waals surface area contributed by atoms with Crippen LogP contribution in [0.5, 0.6) is 11.5 Å². The van der Waals surface area contributed by atoms with E-state index in [9.17, 15) is 9.59 Å². The Labute approximate surface area is 180 Å². The van der Waals surface area contributed by atoms with E-state index >= 15 is 0 Å². The molecule has 0 aliphatic carbocycles. The van der Waals surface area contributed by atoms with Crippen molar-refractivity contribution in [3.05, 3.63) is 52.3 Å². The molecule has 0 spiro atoms. The maximum atomic E-state index is 12.9. The van der Waals surface area contributed by atoms with E-state index in [0.717, 1.165) is 34.6 Å². The predicted molar refractivity (Wildman–Crippen MR) is 115 cm³/mol. The average Bonchev–Trinajstić information content (AvgIpc) is 3.20. The number of aryl methyl sites for hydroxylation is 1. The third-order valence-electron chi connectivity index (χ3n) is 5.48. The molecule has 158 valence electrons. The number of nitrogens with zero attached hydrogens (tertiary/aromatic N) is 2. The van der Waals surface area contributed by atoms with Crippen LogP contribution in [-0.2, 0) is 35.5 Å². The number of thioether (sulfide) groups is 1. The van der Waals surface area contributed by atoms with E-state index in [4.69, 9.17) is 9.47 Å². The first-order valence-corrected chi connectivity index (χ1v) is 11.3. The highest BCUT2D eigenvalue weighted by Crippen LogP contribution is 2.33. The third-order valence-corrected chi connectivity index (χ3v) is 6.03. The van der Waals surface area contributed by atoms with E-state index in [1.165, 1.54) is 17.3 Å². The van der Waals surface area contributed by atoms with Crippen molar-refractivity contribution in [2.45, 2.75) is 32.9 Å². The summed E-state index contributed by atoms with van der Waals surface area (Å²) in [6.07, 6.45) is 4.85. The van der Waals surface area contributed by atoms with Gasteiger partial charge in [-0.1, -0.05) is 6.07 Å². The molecule has 8 heteroatoms. The van der Waals surface area contributed by atoms with E-state index in [1.807, 2.05) is 42.5 Å². The Balaban J connectivity index is 1.43. The zero-order valence-corrected chi connectivity index (χ0v) is 18.0. The molecule has 0 atom stereocenters. The van der Waals surface area contributed by atoms with Crippen LogP contribution in [0.4, 0.5) is 0 Å². The second-order valence-corrected chi connectivity index (χ2v) is 8.33. The first-order chi connectivity index (χ1) is 14.5. The highest BCUT2D eigenvalue weighted by Gasteiger charge is 2.24. The highest BCUT2D eigenvalue weighted by molar-refractivity contribution is 7.99. The lowest BCUT2D eigenvalue weighted by molar-refractivity contribution is -0.131. The number of aromatic nitrogens is 1. The number of nitrogens with one attached hydrogen (secondary N) is 1.